The molecule has 2 rings (SSSR count). The molecule has 0 saturated carbocycles. The van der Waals surface area contributed by atoms with Crippen molar-refractivity contribution in [1.29, 1.82) is 0 Å². The molecule has 0 saturated heterocycles. The minimum atomic E-state index is -3.83. The molecule has 3 N–H and O–H groups in total. The van der Waals surface area contributed by atoms with Gasteiger partial charge in [0, 0.05) is 19.3 Å². The highest BCUT2D eigenvalue weighted by Gasteiger charge is 2.44. The minimum Gasteiger partial charge on any atom is -0.378 e. The largest absolute Gasteiger partial charge is 0.378 e. The van der Waals surface area contributed by atoms with Crippen LogP contribution in [-0.4, -0.2) is 58.6 Å². The number of nitrogens with one attached hydrogen (secondary N) is 1. The number of carbonyl (C=O) groups is 2. The standard InChI is InChI=1S/C19H22N2O6S2/c1-18(2,24)8-6-5-7-14-11-13-12-21(16(22)15(13)28-14)10-9-19(3,17(23)20-25)29(4,26)27/h11,24-25H,9-10,12H2,1-4H3,(H,20,23)/t19-/m1/s1. The Morgan fingerprint density at radius 1 is 1.34 bits per heavy atom. The molecule has 1 aromatic rings. The number of thiophene rings is 1. The van der Waals surface area contributed by atoms with Gasteiger partial charge in [0.25, 0.3) is 11.8 Å². The number of hydrogen-bond donors (Lipinski definition) is 3. The summed E-state index contributed by atoms with van der Waals surface area (Å²) in [7, 11) is -3.83. The molecule has 0 radical (unpaired) electrons. The smallest absolute Gasteiger partial charge is 0.264 e. The summed E-state index contributed by atoms with van der Waals surface area (Å²) >= 11 is 1.21. The van der Waals surface area contributed by atoms with Crippen molar-refractivity contribution in [3.05, 3.63) is 21.4 Å². The molecule has 0 bridgehead atoms. The van der Waals surface area contributed by atoms with E-state index in [0.717, 1.165) is 11.8 Å². The van der Waals surface area contributed by atoms with Crippen LogP contribution in [0, 0.1) is 23.7 Å². The van der Waals surface area contributed by atoms with Gasteiger partial charge in [-0.25, -0.2) is 13.9 Å². The van der Waals surface area contributed by atoms with Crippen LogP contribution >= 0.6 is 11.3 Å². The lowest BCUT2D eigenvalue weighted by atomic mass is 10.1. The zero-order chi connectivity index (χ0) is 22.0. The van der Waals surface area contributed by atoms with Crippen molar-refractivity contribution >= 4 is 33.0 Å². The van der Waals surface area contributed by atoms with E-state index in [1.165, 1.54) is 28.6 Å². The molecule has 29 heavy (non-hydrogen) atoms. The fourth-order valence-corrected chi connectivity index (χ4v) is 4.44. The Balaban J connectivity index is 2.11. The Morgan fingerprint density at radius 3 is 2.52 bits per heavy atom. The molecule has 0 fully saturated rings. The highest BCUT2D eigenvalue weighted by Crippen LogP contribution is 2.32. The molecule has 0 spiro atoms. The summed E-state index contributed by atoms with van der Waals surface area (Å²) in [5.74, 6) is 9.30. The minimum absolute atomic E-state index is 0.0370. The second-order valence-electron chi connectivity index (χ2n) is 7.44. The highest BCUT2D eigenvalue weighted by atomic mass is 32.2. The van der Waals surface area contributed by atoms with Crippen molar-refractivity contribution in [2.24, 2.45) is 0 Å². The summed E-state index contributed by atoms with van der Waals surface area (Å²) in [5.41, 5.74) is 1.03. The van der Waals surface area contributed by atoms with E-state index in [0.29, 0.717) is 9.75 Å². The summed E-state index contributed by atoms with van der Waals surface area (Å²) in [4.78, 5) is 27.1. The molecule has 2 amide bonds. The second kappa shape index (κ2) is 8.17. The van der Waals surface area contributed by atoms with Crippen LogP contribution in [0.1, 0.15) is 47.3 Å². The van der Waals surface area contributed by atoms with Gasteiger partial charge in [-0.3, -0.25) is 14.8 Å². The van der Waals surface area contributed by atoms with Crippen molar-refractivity contribution < 1.29 is 28.3 Å². The van der Waals surface area contributed by atoms with Gasteiger partial charge in [0.1, 0.15) is 5.60 Å². The van der Waals surface area contributed by atoms with E-state index in [2.05, 4.69) is 23.7 Å². The van der Waals surface area contributed by atoms with Crippen LogP contribution in [0.4, 0.5) is 0 Å². The summed E-state index contributed by atoms with van der Waals surface area (Å²) in [6.07, 6.45) is 0.759. The van der Waals surface area contributed by atoms with Crippen LogP contribution in [0.25, 0.3) is 0 Å². The fourth-order valence-electron chi connectivity index (χ4n) is 2.60. The van der Waals surface area contributed by atoms with Gasteiger partial charge in [-0.15, -0.1) is 11.3 Å². The first-order valence-electron chi connectivity index (χ1n) is 8.60. The summed E-state index contributed by atoms with van der Waals surface area (Å²) in [6, 6.07) is 1.77. The number of hydrogen-bond acceptors (Lipinski definition) is 7. The number of rotatable bonds is 5. The van der Waals surface area contributed by atoms with Gasteiger partial charge in [-0.2, -0.15) is 0 Å². The number of nitrogens with zero attached hydrogens (tertiary/aromatic N) is 1. The second-order valence-corrected chi connectivity index (χ2v) is 10.9. The van der Waals surface area contributed by atoms with Crippen molar-refractivity contribution in [2.75, 3.05) is 12.8 Å². The van der Waals surface area contributed by atoms with E-state index in [-0.39, 0.29) is 25.4 Å². The lowest BCUT2D eigenvalue weighted by Crippen LogP contribution is -2.50. The van der Waals surface area contributed by atoms with Crippen molar-refractivity contribution in [3.8, 4) is 23.7 Å². The van der Waals surface area contributed by atoms with Crippen LogP contribution in [0.2, 0.25) is 0 Å². The predicted octanol–water partition coefficient (Wildman–Crippen LogP) is 0.529. The van der Waals surface area contributed by atoms with Gasteiger partial charge < -0.3 is 10.0 Å². The molecule has 1 aliphatic heterocycles. The van der Waals surface area contributed by atoms with Crippen molar-refractivity contribution in [3.63, 3.8) is 0 Å². The first-order valence-corrected chi connectivity index (χ1v) is 11.3. The lowest BCUT2D eigenvalue weighted by molar-refractivity contribution is -0.131. The Kier molecular flexibility index (Phi) is 6.45. The zero-order valence-electron chi connectivity index (χ0n) is 16.5. The SMILES string of the molecule is CC(C)(O)C#CC#Cc1cc2c(s1)C(=O)N(CC[C@](C)(C(=O)NO)S(C)(=O)=O)C2. The van der Waals surface area contributed by atoms with E-state index in [4.69, 9.17) is 5.21 Å². The molecule has 1 atom stereocenters. The summed E-state index contributed by atoms with van der Waals surface area (Å²) < 4.78 is 22.2. The zero-order valence-corrected chi connectivity index (χ0v) is 18.1. The number of fused-ring (bicyclic) bond motifs is 1. The molecular formula is C19H22N2O6S2. The van der Waals surface area contributed by atoms with E-state index in [1.54, 1.807) is 19.9 Å². The average Bonchev–Trinajstić information content (AvgIpc) is 3.13. The Bertz CT molecular complexity index is 1060. The molecule has 0 aliphatic carbocycles. The predicted molar refractivity (Wildman–Crippen MR) is 108 cm³/mol. The number of sulfone groups is 1. The first-order chi connectivity index (χ1) is 13.3. The van der Waals surface area contributed by atoms with Crippen molar-refractivity contribution in [1.82, 2.24) is 10.4 Å². The molecule has 10 heteroatoms. The summed E-state index contributed by atoms with van der Waals surface area (Å²) in [6.45, 7) is 4.63. The normalized spacial score (nSPS) is 15.5. The Morgan fingerprint density at radius 2 is 2.00 bits per heavy atom. The van der Waals surface area contributed by atoms with Gasteiger partial charge in [-0.1, -0.05) is 5.92 Å². The Labute approximate surface area is 173 Å². The van der Waals surface area contributed by atoms with Crippen LogP contribution in [0.15, 0.2) is 6.07 Å². The number of hydroxylamine groups is 1. The molecule has 1 aromatic heterocycles. The maximum absolute atomic E-state index is 12.6. The van der Waals surface area contributed by atoms with Crippen LogP contribution in [-0.2, 0) is 21.2 Å². The maximum Gasteiger partial charge on any atom is 0.264 e. The Hall–Kier alpha value is -2.37. The van der Waals surface area contributed by atoms with Gasteiger partial charge in [0.2, 0.25) is 0 Å². The first kappa shape index (κ1) is 22.9. The maximum atomic E-state index is 12.6. The number of aliphatic hydroxyl groups is 1. The van der Waals surface area contributed by atoms with E-state index < -0.39 is 26.1 Å². The highest BCUT2D eigenvalue weighted by molar-refractivity contribution is 7.92. The van der Waals surface area contributed by atoms with Crippen molar-refractivity contribution in [2.45, 2.75) is 44.1 Å². The van der Waals surface area contributed by atoms with Gasteiger partial charge in [0.15, 0.2) is 14.6 Å². The molecule has 0 unspecified atom stereocenters. The molecule has 8 nitrogen and oxygen atoms in total. The topological polar surface area (TPSA) is 124 Å². The van der Waals surface area contributed by atoms with Crippen LogP contribution < -0.4 is 5.48 Å². The van der Waals surface area contributed by atoms with E-state index in [1.807, 2.05) is 0 Å². The van der Waals surface area contributed by atoms with E-state index in [9.17, 15) is 23.1 Å². The van der Waals surface area contributed by atoms with E-state index >= 15 is 0 Å². The third-order valence-electron chi connectivity index (χ3n) is 4.53. The molecule has 2 heterocycles. The van der Waals surface area contributed by atoms with Gasteiger partial charge in [0.05, 0.1) is 9.75 Å². The molecule has 0 aromatic carbocycles. The van der Waals surface area contributed by atoms with Gasteiger partial charge >= 0.3 is 0 Å². The van der Waals surface area contributed by atoms with Crippen LogP contribution in [0.3, 0.4) is 0 Å². The molecule has 156 valence electrons. The third-order valence-corrected chi connectivity index (χ3v) is 7.63. The number of carbonyl (C=O) groups excluding carboxylic acids is 2. The average molecular weight is 439 g/mol. The fraction of sp³-hybridized carbons (Fsp3) is 0.474. The van der Waals surface area contributed by atoms with Crippen LogP contribution in [0.5, 0.6) is 0 Å². The molecular weight excluding hydrogens is 416 g/mol. The van der Waals surface area contributed by atoms with Gasteiger partial charge in [-0.05, 0) is 56.6 Å². The third kappa shape index (κ3) is 5.17. The monoisotopic (exact) mass is 438 g/mol. The lowest BCUT2D eigenvalue weighted by Gasteiger charge is -2.27. The quantitative estimate of drug-likeness (QED) is 0.350. The molecule has 1 aliphatic rings. The summed E-state index contributed by atoms with van der Waals surface area (Å²) in [5, 5.41) is 18.4. The number of amides is 2.